The lowest BCUT2D eigenvalue weighted by Gasteiger charge is -2.09. The Kier molecular flexibility index (Phi) is 5.00. The second-order valence-electron chi connectivity index (χ2n) is 5.79. The second-order valence-corrected chi connectivity index (χ2v) is 9.02. The standard InChI is InChI=1S/C17H15Cl2FN3P/c1-9-14(18)15(19)17-13(22-9)6-12(20)16(23-17)10-4-5-11(21-7-10)8-24(2)3/h4-7H,8H2,1-3H3. The summed E-state index contributed by atoms with van der Waals surface area (Å²) in [4.78, 5) is 13.0. The number of rotatable bonds is 3. The summed E-state index contributed by atoms with van der Waals surface area (Å²) in [5.74, 6) is -0.462. The molecule has 7 heteroatoms. The molecule has 0 saturated carbocycles. The van der Waals surface area contributed by atoms with Crippen LogP contribution in [0, 0.1) is 12.7 Å². The Morgan fingerprint density at radius 1 is 1.12 bits per heavy atom. The van der Waals surface area contributed by atoms with Crippen molar-refractivity contribution in [1.82, 2.24) is 15.0 Å². The molecular formula is C17H15Cl2FN3P. The normalized spacial score (nSPS) is 11.5. The highest BCUT2D eigenvalue weighted by Crippen LogP contribution is 2.34. The molecule has 0 aliphatic rings. The molecule has 3 aromatic heterocycles. The molecule has 0 aromatic carbocycles. The Bertz CT molecular complexity index is 914. The third-order valence-electron chi connectivity index (χ3n) is 3.54. The average Bonchev–Trinajstić information content (AvgIpc) is 2.53. The van der Waals surface area contributed by atoms with Crippen molar-refractivity contribution in [1.29, 1.82) is 0 Å². The van der Waals surface area contributed by atoms with Crippen molar-refractivity contribution in [3.05, 3.63) is 51.6 Å². The van der Waals surface area contributed by atoms with E-state index in [9.17, 15) is 4.39 Å². The third-order valence-corrected chi connectivity index (χ3v) is 5.42. The summed E-state index contributed by atoms with van der Waals surface area (Å²) in [7, 11) is -0.0741. The number of hydrogen-bond acceptors (Lipinski definition) is 3. The number of aromatic nitrogens is 3. The first-order chi connectivity index (χ1) is 11.4. The summed E-state index contributed by atoms with van der Waals surface area (Å²) in [5, 5.41) is 0.620. The highest BCUT2D eigenvalue weighted by atomic mass is 35.5. The van der Waals surface area contributed by atoms with Crippen molar-refractivity contribution in [3.8, 4) is 11.3 Å². The van der Waals surface area contributed by atoms with Gasteiger partial charge in [0.1, 0.15) is 11.2 Å². The quantitative estimate of drug-likeness (QED) is 0.547. The van der Waals surface area contributed by atoms with Gasteiger partial charge in [0.2, 0.25) is 0 Å². The van der Waals surface area contributed by atoms with Gasteiger partial charge >= 0.3 is 0 Å². The van der Waals surface area contributed by atoms with Crippen LogP contribution in [-0.2, 0) is 6.16 Å². The molecule has 124 valence electrons. The molecule has 0 aliphatic heterocycles. The predicted molar refractivity (Wildman–Crippen MR) is 100.0 cm³/mol. The maximum atomic E-state index is 14.5. The lowest BCUT2D eigenvalue weighted by Crippen LogP contribution is -1.97. The maximum Gasteiger partial charge on any atom is 0.151 e. The fourth-order valence-corrected chi connectivity index (χ4v) is 3.65. The van der Waals surface area contributed by atoms with E-state index in [4.69, 9.17) is 23.2 Å². The smallest absolute Gasteiger partial charge is 0.151 e. The topological polar surface area (TPSA) is 38.7 Å². The van der Waals surface area contributed by atoms with Gasteiger partial charge in [-0.2, -0.15) is 0 Å². The SMILES string of the molecule is Cc1nc2cc(F)c(-c3ccc(CP(C)C)nc3)nc2c(Cl)c1Cl. The summed E-state index contributed by atoms with van der Waals surface area (Å²) >= 11 is 12.4. The highest BCUT2D eigenvalue weighted by Gasteiger charge is 2.16. The first-order valence-corrected chi connectivity index (χ1v) is 10.5. The second kappa shape index (κ2) is 6.87. The van der Waals surface area contributed by atoms with Crippen molar-refractivity contribution < 1.29 is 4.39 Å². The molecule has 3 aromatic rings. The van der Waals surface area contributed by atoms with E-state index in [2.05, 4.69) is 28.3 Å². The lowest BCUT2D eigenvalue weighted by molar-refractivity contribution is 0.628. The first-order valence-electron chi connectivity index (χ1n) is 7.28. The van der Waals surface area contributed by atoms with Crippen LogP contribution >= 0.6 is 31.1 Å². The minimum Gasteiger partial charge on any atom is -0.260 e. The van der Waals surface area contributed by atoms with Crippen LogP contribution in [0.2, 0.25) is 10.0 Å². The van der Waals surface area contributed by atoms with Crippen molar-refractivity contribution in [2.24, 2.45) is 0 Å². The molecule has 0 atom stereocenters. The number of hydrogen-bond donors (Lipinski definition) is 0. The zero-order valence-electron chi connectivity index (χ0n) is 13.4. The predicted octanol–water partition coefficient (Wildman–Crippen LogP) is 5.69. The molecular weight excluding hydrogens is 367 g/mol. The molecule has 0 unspecified atom stereocenters. The van der Waals surface area contributed by atoms with E-state index in [-0.39, 0.29) is 18.6 Å². The van der Waals surface area contributed by atoms with Crippen molar-refractivity contribution in [2.75, 3.05) is 13.3 Å². The molecule has 3 heterocycles. The fourth-order valence-electron chi connectivity index (χ4n) is 2.40. The minimum absolute atomic E-state index is 0.0741. The van der Waals surface area contributed by atoms with Gasteiger partial charge in [0, 0.05) is 29.7 Å². The van der Waals surface area contributed by atoms with E-state index in [1.807, 2.05) is 12.1 Å². The number of halogens is 3. The molecule has 3 nitrogen and oxygen atoms in total. The average molecular weight is 382 g/mol. The number of aryl methyl sites for hydroxylation is 1. The van der Waals surface area contributed by atoms with Gasteiger partial charge in [0.15, 0.2) is 5.82 Å². The molecule has 0 saturated heterocycles. The van der Waals surface area contributed by atoms with Gasteiger partial charge in [-0.1, -0.05) is 23.2 Å². The van der Waals surface area contributed by atoms with Crippen LogP contribution in [0.3, 0.4) is 0 Å². The van der Waals surface area contributed by atoms with Gasteiger partial charge in [-0.25, -0.2) is 14.4 Å². The lowest BCUT2D eigenvalue weighted by atomic mass is 10.1. The van der Waals surface area contributed by atoms with Crippen molar-refractivity contribution in [2.45, 2.75) is 13.1 Å². The van der Waals surface area contributed by atoms with Crippen molar-refractivity contribution in [3.63, 3.8) is 0 Å². The Hall–Kier alpha value is -1.35. The van der Waals surface area contributed by atoms with Gasteiger partial charge in [0.25, 0.3) is 0 Å². The zero-order chi connectivity index (χ0) is 17.4. The largest absolute Gasteiger partial charge is 0.260 e. The first kappa shape index (κ1) is 17.5. The summed E-state index contributed by atoms with van der Waals surface area (Å²) in [6, 6.07) is 5.07. The van der Waals surface area contributed by atoms with E-state index < -0.39 is 5.82 Å². The van der Waals surface area contributed by atoms with Crippen LogP contribution < -0.4 is 0 Å². The van der Waals surface area contributed by atoms with Crippen LogP contribution in [-0.4, -0.2) is 28.3 Å². The van der Waals surface area contributed by atoms with Crippen LogP contribution in [0.5, 0.6) is 0 Å². The van der Waals surface area contributed by atoms with Crippen LogP contribution in [0.25, 0.3) is 22.3 Å². The van der Waals surface area contributed by atoms with E-state index in [1.165, 1.54) is 6.07 Å². The summed E-state index contributed by atoms with van der Waals surface area (Å²) in [5.41, 5.74) is 3.11. The fraction of sp³-hybridized carbons (Fsp3) is 0.235. The van der Waals surface area contributed by atoms with Crippen LogP contribution in [0.1, 0.15) is 11.4 Å². The van der Waals surface area contributed by atoms with E-state index in [0.717, 1.165) is 11.9 Å². The van der Waals surface area contributed by atoms with Gasteiger partial charge in [-0.05, 0) is 32.4 Å². The van der Waals surface area contributed by atoms with E-state index in [0.29, 0.717) is 27.3 Å². The molecule has 0 N–H and O–H groups in total. The minimum atomic E-state index is -0.462. The molecule has 0 radical (unpaired) electrons. The van der Waals surface area contributed by atoms with E-state index in [1.54, 1.807) is 13.1 Å². The molecule has 24 heavy (non-hydrogen) atoms. The van der Waals surface area contributed by atoms with Crippen LogP contribution in [0.4, 0.5) is 4.39 Å². The monoisotopic (exact) mass is 381 g/mol. The Morgan fingerprint density at radius 2 is 1.88 bits per heavy atom. The highest BCUT2D eigenvalue weighted by molar-refractivity contribution is 7.55. The van der Waals surface area contributed by atoms with Gasteiger partial charge in [0.05, 0.1) is 21.3 Å². The van der Waals surface area contributed by atoms with Gasteiger partial charge in [-0.15, -0.1) is 7.92 Å². The molecule has 0 aliphatic carbocycles. The number of nitrogens with zero attached hydrogens (tertiary/aromatic N) is 3. The molecule has 0 bridgehead atoms. The molecule has 0 amide bonds. The number of pyridine rings is 3. The van der Waals surface area contributed by atoms with Crippen molar-refractivity contribution >= 4 is 42.2 Å². The molecule has 0 spiro atoms. The third kappa shape index (κ3) is 3.37. The summed E-state index contributed by atoms with van der Waals surface area (Å²) in [6.45, 7) is 6.10. The van der Waals surface area contributed by atoms with Gasteiger partial charge in [-0.3, -0.25) is 4.98 Å². The molecule has 3 rings (SSSR count). The van der Waals surface area contributed by atoms with Crippen LogP contribution in [0.15, 0.2) is 24.4 Å². The van der Waals surface area contributed by atoms with E-state index >= 15 is 0 Å². The Labute approximate surface area is 151 Å². The Morgan fingerprint density at radius 3 is 2.50 bits per heavy atom. The Balaban J connectivity index is 2.11. The summed E-state index contributed by atoms with van der Waals surface area (Å²) in [6.07, 6.45) is 2.58. The maximum absolute atomic E-state index is 14.5. The molecule has 0 fully saturated rings. The number of fused-ring (bicyclic) bond motifs is 1. The zero-order valence-corrected chi connectivity index (χ0v) is 15.8. The van der Waals surface area contributed by atoms with Gasteiger partial charge < -0.3 is 0 Å². The summed E-state index contributed by atoms with van der Waals surface area (Å²) < 4.78 is 14.5.